The standard InChI is InChI=1S/5C4H12N.5HI/c5*1-5(2,3)4;;;;;/h5*1-4H3;5*1H/q5*+1;;;;;/p-5. The van der Waals surface area contributed by atoms with Crippen molar-refractivity contribution in [2.24, 2.45) is 0 Å². The summed E-state index contributed by atoms with van der Waals surface area (Å²) in [4.78, 5) is 0. The van der Waals surface area contributed by atoms with Crippen LogP contribution in [0.4, 0.5) is 0 Å². The van der Waals surface area contributed by atoms with Gasteiger partial charge < -0.3 is 142 Å². The summed E-state index contributed by atoms with van der Waals surface area (Å²) >= 11 is 0. The van der Waals surface area contributed by atoms with Crippen LogP contribution in [0.1, 0.15) is 0 Å². The smallest absolute Gasteiger partial charge is 0.0675 e. The first-order chi connectivity index (χ1) is 10.0. The molecule has 30 heavy (non-hydrogen) atoms. The maximum atomic E-state index is 2.12. The molecule has 0 saturated carbocycles. The highest BCUT2D eigenvalue weighted by Crippen LogP contribution is 1.75. The molecule has 200 valence electrons. The largest absolute Gasteiger partial charge is 1.00 e. The zero-order chi connectivity index (χ0) is 22.5. The van der Waals surface area contributed by atoms with E-state index < -0.39 is 0 Å². The number of halogens is 5. The monoisotopic (exact) mass is 1010 g/mol. The molecular formula is C20H60I5N5. The van der Waals surface area contributed by atoms with E-state index in [1.54, 1.807) is 0 Å². The molecule has 0 unspecified atom stereocenters. The molecule has 0 aliphatic heterocycles. The lowest BCUT2D eigenvalue weighted by Gasteiger charge is -2.14. The molecule has 0 atom stereocenters. The van der Waals surface area contributed by atoms with Crippen LogP contribution in [0.25, 0.3) is 0 Å². The van der Waals surface area contributed by atoms with E-state index in [2.05, 4.69) is 141 Å². The van der Waals surface area contributed by atoms with Crippen LogP contribution >= 0.6 is 0 Å². The zero-order valence-corrected chi connectivity index (χ0v) is 34.9. The average Bonchev–Trinajstić information content (AvgIpc) is 1.79. The molecule has 0 heterocycles. The lowest BCUT2D eigenvalue weighted by Crippen LogP contribution is -3.00. The first kappa shape index (κ1) is 64.1. The van der Waals surface area contributed by atoms with Gasteiger partial charge in [0.05, 0.1) is 141 Å². The van der Waals surface area contributed by atoms with Crippen LogP contribution in [0.15, 0.2) is 0 Å². The van der Waals surface area contributed by atoms with Crippen LogP contribution in [0.2, 0.25) is 0 Å². The van der Waals surface area contributed by atoms with Crippen LogP contribution in [-0.4, -0.2) is 163 Å². The van der Waals surface area contributed by atoms with Crippen LogP contribution in [-0.2, 0) is 0 Å². The van der Waals surface area contributed by atoms with E-state index in [9.17, 15) is 0 Å². The molecule has 0 saturated heterocycles. The predicted molar refractivity (Wildman–Crippen MR) is 120 cm³/mol. The highest BCUT2D eigenvalue weighted by molar-refractivity contribution is 3.89. The Hall–Kier alpha value is 3.45. The molecule has 0 radical (unpaired) electrons. The van der Waals surface area contributed by atoms with Crippen molar-refractivity contribution in [2.45, 2.75) is 0 Å². The summed E-state index contributed by atoms with van der Waals surface area (Å²) in [5.41, 5.74) is 0. The normalized spacial score (nSPS) is 10.0. The molecule has 5 nitrogen and oxygen atoms in total. The van der Waals surface area contributed by atoms with Gasteiger partial charge in [-0.25, -0.2) is 0 Å². The van der Waals surface area contributed by atoms with Gasteiger partial charge in [-0.3, -0.25) is 0 Å². The summed E-state index contributed by atoms with van der Waals surface area (Å²) in [5.74, 6) is 0. The lowest BCUT2D eigenvalue weighted by molar-refractivity contribution is -0.849. The Morgan fingerprint density at radius 3 is 0.167 bits per heavy atom. The number of rotatable bonds is 0. The first-order valence-electron chi connectivity index (χ1n) is 8.94. The summed E-state index contributed by atoms with van der Waals surface area (Å²) in [7, 11) is 42.5. The summed E-state index contributed by atoms with van der Waals surface area (Å²) in [6.45, 7) is 0. The molecule has 0 spiro atoms. The van der Waals surface area contributed by atoms with Gasteiger partial charge in [0.15, 0.2) is 0 Å². The SMILES string of the molecule is C[N+](C)(C)C.C[N+](C)(C)C.C[N+](C)(C)C.C[N+](C)(C)C.C[N+](C)(C)C.[I-].[I-].[I-].[I-].[I-]. The first-order valence-corrected chi connectivity index (χ1v) is 8.94. The molecule has 0 rings (SSSR count). The molecule has 0 amide bonds. The molecule has 0 aromatic carbocycles. The molecular weight excluding hydrogens is 945 g/mol. The molecule has 0 aromatic heterocycles. The van der Waals surface area contributed by atoms with Gasteiger partial charge in [0.25, 0.3) is 0 Å². The van der Waals surface area contributed by atoms with Crippen molar-refractivity contribution >= 4 is 0 Å². The molecule has 0 fully saturated rings. The molecule has 0 N–H and O–H groups in total. The van der Waals surface area contributed by atoms with Crippen molar-refractivity contribution in [1.29, 1.82) is 0 Å². The van der Waals surface area contributed by atoms with Crippen molar-refractivity contribution in [1.82, 2.24) is 0 Å². The number of hydrogen-bond donors (Lipinski definition) is 0. The Bertz CT molecular complexity index is 185. The fourth-order valence-corrected chi connectivity index (χ4v) is 0. The number of nitrogens with zero attached hydrogens (tertiary/aromatic N) is 5. The van der Waals surface area contributed by atoms with Gasteiger partial charge in [0, 0.05) is 0 Å². The molecule has 0 aliphatic carbocycles. The quantitative estimate of drug-likeness (QED) is 0.168. The van der Waals surface area contributed by atoms with Crippen molar-refractivity contribution in [3.8, 4) is 0 Å². The van der Waals surface area contributed by atoms with E-state index in [1.165, 1.54) is 0 Å². The van der Waals surface area contributed by atoms with Crippen LogP contribution < -0.4 is 120 Å². The summed E-state index contributed by atoms with van der Waals surface area (Å²) in [6.07, 6.45) is 0. The van der Waals surface area contributed by atoms with Gasteiger partial charge in [0.1, 0.15) is 0 Å². The van der Waals surface area contributed by atoms with Crippen molar-refractivity contribution < 1.29 is 142 Å². The summed E-state index contributed by atoms with van der Waals surface area (Å²) in [6, 6.07) is 0. The lowest BCUT2D eigenvalue weighted by atomic mass is 10.8. The maximum absolute atomic E-state index is 2.12. The average molecular weight is 1010 g/mol. The third-order valence-corrected chi connectivity index (χ3v) is 0. The number of quaternary nitrogens is 5. The fourth-order valence-electron chi connectivity index (χ4n) is 0. The molecule has 10 heteroatoms. The van der Waals surface area contributed by atoms with Gasteiger partial charge in [-0.1, -0.05) is 0 Å². The van der Waals surface area contributed by atoms with Gasteiger partial charge in [-0.05, 0) is 0 Å². The highest BCUT2D eigenvalue weighted by atomic mass is 127. The maximum Gasteiger partial charge on any atom is 0.0675 e. The highest BCUT2D eigenvalue weighted by Gasteiger charge is 1.90. The van der Waals surface area contributed by atoms with Crippen LogP contribution in [0.3, 0.4) is 0 Å². The molecule has 0 aromatic rings. The van der Waals surface area contributed by atoms with Crippen LogP contribution in [0, 0.1) is 0 Å². The summed E-state index contributed by atoms with van der Waals surface area (Å²) in [5, 5.41) is 0. The minimum atomic E-state index is 0. The van der Waals surface area contributed by atoms with Crippen molar-refractivity contribution in [3.05, 3.63) is 0 Å². The van der Waals surface area contributed by atoms with Gasteiger partial charge in [-0.15, -0.1) is 0 Å². The Balaban J connectivity index is -0.0000000200. The Kier molecular flexibility index (Phi) is 61.2. The fraction of sp³-hybridized carbons (Fsp3) is 1.00. The minimum absolute atomic E-state index is 0. The zero-order valence-electron chi connectivity index (χ0n) is 24.1. The van der Waals surface area contributed by atoms with E-state index >= 15 is 0 Å². The third-order valence-electron chi connectivity index (χ3n) is 0. The molecule has 0 bridgehead atoms. The predicted octanol–water partition coefficient (Wildman–Crippen LogP) is -13.4. The van der Waals surface area contributed by atoms with E-state index in [0.29, 0.717) is 0 Å². The van der Waals surface area contributed by atoms with Gasteiger partial charge >= 0.3 is 0 Å². The van der Waals surface area contributed by atoms with Gasteiger partial charge in [0.2, 0.25) is 0 Å². The second-order valence-electron chi connectivity index (χ2n) is 13.4. The number of hydrogen-bond acceptors (Lipinski definition) is 0. The van der Waals surface area contributed by atoms with Crippen molar-refractivity contribution in [3.63, 3.8) is 0 Å². The molecule has 0 aliphatic rings. The van der Waals surface area contributed by atoms with Crippen LogP contribution in [0.5, 0.6) is 0 Å². The van der Waals surface area contributed by atoms with E-state index in [4.69, 9.17) is 0 Å². The third kappa shape index (κ3) is 2450. The van der Waals surface area contributed by atoms with E-state index in [1.807, 2.05) is 0 Å². The second-order valence-corrected chi connectivity index (χ2v) is 13.4. The Morgan fingerprint density at radius 1 is 0.167 bits per heavy atom. The Labute approximate surface area is 279 Å². The Morgan fingerprint density at radius 2 is 0.167 bits per heavy atom. The summed E-state index contributed by atoms with van der Waals surface area (Å²) < 4.78 is 5.00. The minimum Gasteiger partial charge on any atom is -1.00 e. The van der Waals surface area contributed by atoms with Crippen molar-refractivity contribution in [2.75, 3.05) is 141 Å². The van der Waals surface area contributed by atoms with Gasteiger partial charge in [-0.2, -0.15) is 0 Å². The second kappa shape index (κ2) is 28.7. The van der Waals surface area contributed by atoms with E-state index in [0.717, 1.165) is 22.4 Å². The topological polar surface area (TPSA) is 0 Å². The van der Waals surface area contributed by atoms with E-state index in [-0.39, 0.29) is 120 Å².